The minimum atomic E-state index is -3.24. The minimum absolute atomic E-state index is 0.176. The number of sulfonamides is 1. The minimum Gasteiger partial charge on any atom is -0.497 e. The van der Waals surface area contributed by atoms with Crippen LogP contribution in [0.2, 0.25) is 0 Å². The Kier molecular flexibility index (Phi) is 5.46. The molecule has 1 N–H and O–H groups in total. The van der Waals surface area contributed by atoms with E-state index < -0.39 is 10.0 Å². The highest BCUT2D eigenvalue weighted by Crippen LogP contribution is 2.23. The Morgan fingerprint density at radius 3 is 2.62 bits per heavy atom. The van der Waals surface area contributed by atoms with Gasteiger partial charge in [0, 0.05) is 18.7 Å². The van der Waals surface area contributed by atoms with Gasteiger partial charge >= 0.3 is 0 Å². The monoisotopic (exact) mass is 374 g/mol. The molecule has 0 atom stereocenters. The summed E-state index contributed by atoms with van der Waals surface area (Å²) in [5.41, 5.74) is 2.04. The van der Waals surface area contributed by atoms with Crippen LogP contribution in [0.1, 0.15) is 28.8 Å². The molecule has 6 nitrogen and oxygen atoms in total. The molecule has 3 rings (SSSR count). The summed E-state index contributed by atoms with van der Waals surface area (Å²) in [6.07, 6.45) is 1.55. The molecule has 0 aromatic heterocycles. The molecule has 26 heavy (non-hydrogen) atoms. The van der Waals surface area contributed by atoms with Gasteiger partial charge in [0.15, 0.2) is 0 Å². The maximum Gasteiger partial charge on any atom is 0.251 e. The molecule has 0 bridgehead atoms. The van der Waals surface area contributed by atoms with Gasteiger partial charge in [-0.25, -0.2) is 8.42 Å². The second-order valence-electron chi connectivity index (χ2n) is 6.18. The summed E-state index contributed by atoms with van der Waals surface area (Å²) in [5, 5.41) is 2.86. The van der Waals surface area contributed by atoms with E-state index in [1.165, 1.54) is 4.31 Å². The first-order valence-electron chi connectivity index (χ1n) is 8.51. The molecule has 0 spiro atoms. The molecule has 1 saturated heterocycles. The van der Waals surface area contributed by atoms with Gasteiger partial charge in [-0.1, -0.05) is 12.1 Å². The number of ether oxygens (including phenoxy) is 1. The fraction of sp³-hybridized carbons (Fsp3) is 0.316. The topological polar surface area (TPSA) is 75.7 Å². The fourth-order valence-corrected chi connectivity index (χ4v) is 4.56. The number of benzene rings is 2. The standard InChI is InChI=1S/C19H22N2O4S/c1-25-18-6-4-5-15(13-18)14-20-19(22)16-7-9-17(10-8-16)21-11-2-3-12-26(21,23)24/h4-10,13H,2-3,11-12,14H2,1H3,(H,20,22). The number of amides is 1. The van der Waals surface area contributed by atoms with Crippen molar-refractivity contribution in [2.45, 2.75) is 19.4 Å². The molecule has 1 fully saturated rings. The lowest BCUT2D eigenvalue weighted by molar-refractivity contribution is 0.0951. The highest BCUT2D eigenvalue weighted by atomic mass is 32.2. The van der Waals surface area contributed by atoms with Crippen molar-refractivity contribution < 1.29 is 17.9 Å². The Bertz CT molecular complexity index is 879. The van der Waals surface area contributed by atoms with Gasteiger partial charge in [-0.3, -0.25) is 9.10 Å². The van der Waals surface area contributed by atoms with Crippen molar-refractivity contribution in [2.24, 2.45) is 0 Å². The average molecular weight is 374 g/mol. The van der Waals surface area contributed by atoms with Gasteiger partial charge in [-0.05, 0) is 54.8 Å². The van der Waals surface area contributed by atoms with Crippen molar-refractivity contribution in [3.05, 3.63) is 59.7 Å². The first kappa shape index (κ1) is 18.3. The number of hydrogen-bond acceptors (Lipinski definition) is 4. The van der Waals surface area contributed by atoms with E-state index in [0.717, 1.165) is 17.7 Å². The molecule has 0 unspecified atom stereocenters. The van der Waals surface area contributed by atoms with Crippen LogP contribution in [0, 0.1) is 0 Å². The quantitative estimate of drug-likeness (QED) is 0.873. The molecule has 0 saturated carbocycles. The van der Waals surface area contributed by atoms with Crippen molar-refractivity contribution in [2.75, 3.05) is 23.7 Å². The molecule has 1 heterocycles. The smallest absolute Gasteiger partial charge is 0.251 e. The van der Waals surface area contributed by atoms with Crippen LogP contribution in [-0.2, 0) is 16.6 Å². The third-order valence-corrected chi connectivity index (χ3v) is 6.22. The van der Waals surface area contributed by atoms with Crippen LogP contribution in [0.5, 0.6) is 5.75 Å². The molecular formula is C19H22N2O4S. The summed E-state index contributed by atoms with van der Waals surface area (Å²) < 4.78 is 30.9. The van der Waals surface area contributed by atoms with E-state index in [0.29, 0.717) is 30.8 Å². The number of methoxy groups -OCH3 is 1. The zero-order valence-electron chi connectivity index (χ0n) is 14.6. The number of nitrogens with one attached hydrogen (secondary N) is 1. The van der Waals surface area contributed by atoms with Crippen molar-refractivity contribution >= 4 is 21.6 Å². The second kappa shape index (κ2) is 7.78. The average Bonchev–Trinajstić information content (AvgIpc) is 2.66. The van der Waals surface area contributed by atoms with Crippen molar-refractivity contribution in [1.29, 1.82) is 0 Å². The number of rotatable bonds is 5. The molecule has 2 aromatic carbocycles. The van der Waals surface area contributed by atoms with Crippen LogP contribution in [-0.4, -0.2) is 33.7 Å². The van der Waals surface area contributed by atoms with Gasteiger partial charge in [0.1, 0.15) is 5.75 Å². The predicted octanol–water partition coefficient (Wildman–Crippen LogP) is 2.56. The van der Waals surface area contributed by atoms with Crippen LogP contribution < -0.4 is 14.4 Å². The van der Waals surface area contributed by atoms with E-state index in [1.54, 1.807) is 31.4 Å². The molecule has 2 aromatic rings. The van der Waals surface area contributed by atoms with Crippen LogP contribution in [0.3, 0.4) is 0 Å². The lowest BCUT2D eigenvalue weighted by Gasteiger charge is -2.28. The van der Waals surface area contributed by atoms with Gasteiger partial charge in [0.25, 0.3) is 5.91 Å². The number of carbonyl (C=O) groups is 1. The Hall–Kier alpha value is -2.54. The number of carbonyl (C=O) groups excluding carboxylic acids is 1. The Balaban J connectivity index is 1.65. The molecule has 1 aliphatic rings. The van der Waals surface area contributed by atoms with E-state index in [2.05, 4.69) is 5.32 Å². The summed E-state index contributed by atoms with van der Waals surface area (Å²) >= 11 is 0. The highest BCUT2D eigenvalue weighted by Gasteiger charge is 2.25. The molecule has 0 aliphatic carbocycles. The lowest BCUT2D eigenvalue weighted by atomic mass is 10.1. The predicted molar refractivity (Wildman–Crippen MR) is 101 cm³/mol. The van der Waals surface area contributed by atoms with Crippen LogP contribution in [0.15, 0.2) is 48.5 Å². The van der Waals surface area contributed by atoms with Crippen LogP contribution in [0.25, 0.3) is 0 Å². The van der Waals surface area contributed by atoms with Gasteiger partial charge in [-0.2, -0.15) is 0 Å². The van der Waals surface area contributed by atoms with Gasteiger partial charge in [0.2, 0.25) is 10.0 Å². The summed E-state index contributed by atoms with van der Waals surface area (Å²) in [6, 6.07) is 14.2. The van der Waals surface area contributed by atoms with Crippen molar-refractivity contribution in [1.82, 2.24) is 5.32 Å². The normalized spacial score (nSPS) is 16.1. The third kappa shape index (κ3) is 4.16. The molecule has 7 heteroatoms. The molecule has 1 amide bonds. The first-order valence-corrected chi connectivity index (χ1v) is 10.1. The Labute approximate surface area is 153 Å². The van der Waals surface area contributed by atoms with Gasteiger partial charge < -0.3 is 10.1 Å². The van der Waals surface area contributed by atoms with E-state index in [4.69, 9.17) is 4.74 Å². The van der Waals surface area contributed by atoms with E-state index >= 15 is 0 Å². The summed E-state index contributed by atoms with van der Waals surface area (Å²) in [6.45, 7) is 0.877. The Morgan fingerprint density at radius 2 is 1.92 bits per heavy atom. The van der Waals surface area contributed by atoms with E-state index in [1.807, 2.05) is 24.3 Å². The van der Waals surface area contributed by atoms with Gasteiger partial charge in [0.05, 0.1) is 18.6 Å². The third-order valence-electron chi connectivity index (χ3n) is 4.35. The summed E-state index contributed by atoms with van der Waals surface area (Å²) in [5.74, 6) is 0.709. The van der Waals surface area contributed by atoms with Crippen molar-refractivity contribution in [3.63, 3.8) is 0 Å². The lowest BCUT2D eigenvalue weighted by Crippen LogP contribution is -2.37. The molecule has 1 aliphatic heterocycles. The molecule has 138 valence electrons. The number of anilines is 1. The van der Waals surface area contributed by atoms with Gasteiger partial charge in [-0.15, -0.1) is 0 Å². The highest BCUT2D eigenvalue weighted by molar-refractivity contribution is 7.92. The van der Waals surface area contributed by atoms with E-state index in [-0.39, 0.29) is 11.7 Å². The zero-order valence-corrected chi connectivity index (χ0v) is 15.5. The fourth-order valence-electron chi connectivity index (χ4n) is 2.92. The summed E-state index contributed by atoms with van der Waals surface area (Å²) in [7, 11) is -1.64. The first-order chi connectivity index (χ1) is 12.5. The Morgan fingerprint density at radius 1 is 1.15 bits per heavy atom. The van der Waals surface area contributed by atoms with Crippen LogP contribution in [0.4, 0.5) is 5.69 Å². The van der Waals surface area contributed by atoms with Crippen LogP contribution >= 0.6 is 0 Å². The maximum absolute atomic E-state index is 12.3. The maximum atomic E-state index is 12.3. The number of hydrogen-bond donors (Lipinski definition) is 1. The van der Waals surface area contributed by atoms with E-state index in [9.17, 15) is 13.2 Å². The number of nitrogens with zero attached hydrogens (tertiary/aromatic N) is 1. The van der Waals surface area contributed by atoms with Crippen molar-refractivity contribution in [3.8, 4) is 5.75 Å². The zero-order chi connectivity index (χ0) is 18.6. The molecule has 0 radical (unpaired) electrons. The second-order valence-corrected chi connectivity index (χ2v) is 8.19. The largest absolute Gasteiger partial charge is 0.497 e. The summed E-state index contributed by atoms with van der Waals surface area (Å²) in [4.78, 5) is 12.3. The SMILES string of the molecule is COc1cccc(CNC(=O)c2ccc(N3CCCCS3(=O)=O)cc2)c1. The molecular weight excluding hydrogens is 352 g/mol.